The lowest BCUT2D eigenvalue weighted by Gasteiger charge is -2.14. The Kier molecular flexibility index (Phi) is 5.59. The average molecular weight is 350 g/mol. The standard InChI is InChI=1S/C15H12Cl4O/c16-10-4-5-13(17)9(6-10)7-11(20)8-12-14(18)2-1-3-15(12)19/h1-6,11,20H,7-8H2. The van der Waals surface area contributed by atoms with Crippen LogP contribution in [-0.4, -0.2) is 11.2 Å². The second kappa shape index (κ2) is 7.02. The Labute approximate surface area is 138 Å². The van der Waals surface area contributed by atoms with Crippen LogP contribution >= 0.6 is 46.4 Å². The first-order valence-electron chi connectivity index (χ1n) is 6.02. The smallest absolute Gasteiger partial charge is 0.0622 e. The van der Waals surface area contributed by atoms with Gasteiger partial charge in [0, 0.05) is 32.9 Å². The Balaban J connectivity index is 2.13. The number of halogens is 4. The molecule has 0 radical (unpaired) electrons. The first kappa shape index (κ1) is 15.9. The van der Waals surface area contributed by atoms with Gasteiger partial charge in [-0.15, -0.1) is 0 Å². The lowest BCUT2D eigenvalue weighted by molar-refractivity contribution is 0.175. The molecule has 0 aliphatic rings. The maximum absolute atomic E-state index is 10.2. The fourth-order valence-corrected chi connectivity index (χ4v) is 2.93. The zero-order valence-corrected chi connectivity index (χ0v) is 13.4. The number of rotatable bonds is 4. The van der Waals surface area contributed by atoms with E-state index in [1.165, 1.54) is 0 Å². The van der Waals surface area contributed by atoms with Gasteiger partial charge in [-0.1, -0.05) is 52.5 Å². The van der Waals surface area contributed by atoms with Crippen molar-refractivity contribution >= 4 is 46.4 Å². The summed E-state index contributed by atoms with van der Waals surface area (Å²) in [5.41, 5.74) is 1.54. The van der Waals surface area contributed by atoms with Crippen molar-refractivity contribution in [3.8, 4) is 0 Å². The van der Waals surface area contributed by atoms with Crippen LogP contribution in [0, 0.1) is 0 Å². The van der Waals surface area contributed by atoms with E-state index in [1.807, 2.05) is 0 Å². The molecule has 1 atom stereocenters. The third-order valence-electron chi connectivity index (χ3n) is 2.96. The van der Waals surface area contributed by atoms with Gasteiger partial charge in [0.05, 0.1) is 6.10 Å². The molecule has 2 rings (SSSR count). The topological polar surface area (TPSA) is 20.2 Å². The van der Waals surface area contributed by atoms with Gasteiger partial charge in [0.15, 0.2) is 0 Å². The van der Waals surface area contributed by atoms with E-state index >= 15 is 0 Å². The van der Waals surface area contributed by atoms with E-state index < -0.39 is 6.10 Å². The van der Waals surface area contributed by atoms with Gasteiger partial charge < -0.3 is 5.11 Å². The van der Waals surface area contributed by atoms with Crippen molar-refractivity contribution in [2.24, 2.45) is 0 Å². The van der Waals surface area contributed by atoms with E-state index in [0.717, 1.165) is 11.1 Å². The molecule has 1 nitrogen and oxygen atoms in total. The van der Waals surface area contributed by atoms with Crippen molar-refractivity contribution in [2.45, 2.75) is 18.9 Å². The molecular weight excluding hydrogens is 338 g/mol. The molecule has 0 fully saturated rings. The van der Waals surface area contributed by atoms with Crippen molar-refractivity contribution in [1.29, 1.82) is 0 Å². The summed E-state index contributed by atoms with van der Waals surface area (Å²) in [5, 5.41) is 12.5. The molecule has 0 spiro atoms. The molecule has 0 saturated carbocycles. The Morgan fingerprint density at radius 3 is 2.15 bits per heavy atom. The van der Waals surface area contributed by atoms with Crippen LogP contribution < -0.4 is 0 Å². The van der Waals surface area contributed by atoms with Gasteiger partial charge >= 0.3 is 0 Å². The van der Waals surface area contributed by atoms with E-state index in [-0.39, 0.29) is 0 Å². The van der Waals surface area contributed by atoms with Crippen LogP contribution in [-0.2, 0) is 12.8 Å². The molecule has 2 aromatic carbocycles. The molecule has 106 valence electrons. The summed E-state index contributed by atoms with van der Waals surface area (Å²) in [7, 11) is 0. The van der Waals surface area contributed by atoms with Gasteiger partial charge in [0.2, 0.25) is 0 Å². The van der Waals surface area contributed by atoms with E-state index in [0.29, 0.717) is 32.9 Å². The minimum absolute atomic E-state index is 0.362. The highest BCUT2D eigenvalue weighted by molar-refractivity contribution is 6.36. The maximum Gasteiger partial charge on any atom is 0.0622 e. The average Bonchev–Trinajstić information content (AvgIpc) is 2.38. The van der Waals surface area contributed by atoms with Gasteiger partial charge in [-0.25, -0.2) is 0 Å². The van der Waals surface area contributed by atoms with Crippen LogP contribution in [0.5, 0.6) is 0 Å². The fourth-order valence-electron chi connectivity index (χ4n) is 1.99. The summed E-state index contributed by atoms with van der Waals surface area (Å²) in [4.78, 5) is 0. The Hall–Kier alpha value is -0.440. The van der Waals surface area contributed by atoms with Crippen molar-refractivity contribution in [3.05, 3.63) is 67.6 Å². The van der Waals surface area contributed by atoms with Gasteiger partial charge in [-0.2, -0.15) is 0 Å². The highest BCUT2D eigenvalue weighted by Crippen LogP contribution is 2.27. The zero-order valence-electron chi connectivity index (χ0n) is 10.4. The molecule has 0 amide bonds. The molecule has 2 aromatic rings. The quantitative estimate of drug-likeness (QED) is 0.778. The van der Waals surface area contributed by atoms with Crippen LogP contribution in [0.25, 0.3) is 0 Å². The van der Waals surface area contributed by atoms with Gasteiger partial charge in [0.25, 0.3) is 0 Å². The number of aliphatic hydroxyl groups is 1. The second-order valence-electron chi connectivity index (χ2n) is 4.50. The second-order valence-corrected chi connectivity index (χ2v) is 6.16. The van der Waals surface area contributed by atoms with Gasteiger partial charge in [-0.05, 0) is 41.5 Å². The number of hydrogen-bond donors (Lipinski definition) is 1. The summed E-state index contributed by atoms with van der Waals surface area (Å²) in [6.07, 6.45) is 0.117. The number of benzene rings is 2. The van der Waals surface area contributed by atoms with Crippen LogP contribution in [0.15, 0.2) is 36.4 Å². The zero-order chi connectivity index (χ0) is 14.7. The summed E-state index contributed by atoms with van der Waals surface area (Å²) >= 11 is 24.2. The van der Waals surface area contributed by atoms with E-state index in [4.69, 9.17) is 46.4 Å². The minimum atomic E-state index is -0.636. The monoisotopic (exact) mass is 348 g/mol. The third-order valence-corrected chi connectivity index (χ3v) is 4.28. The summed E-state index contributed by atoms with van der Waals surface area (Å²) < 4.78 is 0. The summed E-state index contributed by atoms with van der Waals surface area (Å²) in [5.74, 6) is 0. The van der Waals surface area contributed by atoms with Crippen LogP contribution in [0.3, 0.4) is 0 Å². The molecule has 0 aliphatic heterocycles. The van der Waals surface area contributed by atoms with Crippen LogP contribution in [0.1, 0.15) is 11.1 Å². The van der Waals surface area contributed by atoms with Crippen molar-refractivity contribution in [2.75, 3.05) is 0 Å². The molecular formula is C15H12Cl4O. The van der Waals surface area contributed by atoms with Crippen molar-refractivity contribution < 1.29 is 5.11 Å². The maximum atomic E-state index is 10.2. The largest absolute Gasteiger partial charge is 0.392 e. The predicted molar refractivity (Wildman–Crippen MR) is 86.3 cm³/mol. The Morgan fingerprint density at radius 2 is 1.50 bits per heavy atom. The first-order chi connectivity index (χ1) is 9.47. The molecule has 1 N–H and O–H groups in total. The lowest BCUT2D eigenvalue weighted by atomic mass is 10.0. The SMILES string of the molecule is OC(Cc1cc(Cl)ccc1Cl)Cc1c(Cl)cccc1Cl. The van der Waals surface area contributed by atoms with Gasteiger partial charge in [-0.3, -0.25) is 0 Å². The lowest BCUT2D eigenvalue weighted by Crippen LogP contribution is -2.14. The molecule has 1 unspecified atom stereocenters. The van der Waals surface area contributed by atoms with E-state index in [9.17, 15) is 5.11 Å². The molecule has 0 bridgehead atoms. The van der Waals surface area contributed by atoms with Crippen molar-refractivity contribution in [1.82, 2.24) is 0 Å². The van der Waals surface area contributed by atoms with Crippen LogP contribution in [0.2, 0.25) is 20.1 Å². The molecule has 5 heteroatoms. The minimum Gasteiger partial charge on any atom is -0.392 e. The Morgan fingerprint density at radius 1 is 0.850 bits per heavy atom. The first-order valence-corrected chi connectivity index (χ1v) is 7.53. The van der Waals surface area contributed by atoms with E-state index in [1.54, 1.807) is 36.4 Å². The highest BCUT2D eigenvalue weighted by atomic mass is 35.5. The van der Waals surface area contributed by atoms with Gasteiger partial charge in [0.1, 0.15) is 0 Å². The van der Waals surface area contributed by atoms with Crippen molar-refractivity contribution in [3.63, 3.8) is 0 Å². The fraction of sp³-hybridized carbons (Fsp3) is 0.200. The highest BCUT2D eigenvalue weighted by Gasteiger charge is 2.14. The third kappa shape index (κ3) is 4.03. The normalized spacial score (nSPS) is 12.4. The molecule has 0 aromatic heterocycles. The predicted octanol–water partition coefficient (Wildman–Crippen LogP) is 5.45. The molecule has 0 heterocycles. The summed E-state index contributed by atoms with van der Waals surface area (Å²) in [6.45, 7) is 0. The number of aliphatic hydroxyl groups excluding tert-OH is 1. The van der Waals surface area contributed by atoms with Crippen LogP contribution in [0.4, 0.5) is 0 Å². The molecule has 0 aliphatic carbocycles. The Bertz CT molecular complexity index is 593. The van der Waals surface area contributed by atoms with E-state index in [2.05, 4.69) is 0 Å². The number of hydrogen-bond acceptors (Lipinski definition) is 1. The molecule has 20 heavy (non-hydrogen) atoms. The molecule has 0 saturated heterocycles. The summed E-state index contributed by atoms with van der Waals surface area (Å²) in [6, 6.07) is 10.5.